The standard InChI is InChI=1S/C20H20BrNO2/c21-16-10-18-19(14-8-4-5-9-17(14)24-18)15(20(16)23)12-22-11-13-6-2-1-3-7-13/h1-3,6-7,10,22-23H,4-5,8-9,11-12H2/p+1. The van der Waals surface area contributed by atoms with E-state index in [0.29, 0.717) is 10.2 Å². The molecule has 1 heterocycles. The Morgan fingerprint density at radius 1 is 1.08 bits per heavy atom. The van der Waals surface area contributed by atoms with Gasteiger partial charge in [-0.25, -0.2) is 0 Å². The molecule has 0 unspecified atom stereocenters. The molecule has 0 saturated heterocycles. The molecule has 3 N–H and O–H groups in total. The van der Waals surface area contributed by atoms with Gasteiger partial charge in [-0.15, -0.1) is 0 Å². The van der Waals surface area contributed by atoms with Gasteiger partial charge in [0, 0.05) is 22.9 Å². The number of fused-ring (bicyclic) bond motifs is 3. The number of benzene rings is 2. The third kappa shape index (κ3) is 2.85. The molecule has 0 spiro atoms. The van der Waals surface area contributed by atoms with E-state index in [1.54, 1.807) is 0 Å². The molecular formula is C20H21BrNO2+. The molecule has 4 rings (SSSR count). The Bertz CT molecular complexity index is 870. The SMILES string of the molecule is Oc1c(Br)cc2oc3c(c2c1C[NH2+]Cc1ccccc1)CCCC3. The van der Waals surface area contributed by atoms with Crippen LogP contribution in [0.3, 0.4) is 0 Å². The van der Waals surface area contributed by atoms with Crippen LogP contribution in [0.15, 0.2) is 45.3 Å². The lowest BCUT2D eigenvalue weighted by Crippen LogP contribution is -2.80. The van der Waals surface area contributed by atoms with Crippen LogP contribution in [-0.4, -0.2) is 5.11 Å². The maximum atomic E-state index is 10.6. The Hall–Kier alpha value is -1.78. The average molecular weight is 387 g/mol. The summed E-state index contributed by atoms with van der Waals surface area (Å²) in [6.07, 6.45) is 4.45. The Kier molecular flexibility index (Phi) is 4.33. The van der Waals surface area contributed by atoms with E-state index in [-0.39, 0.29) is 0 Å². The van der Waals surface area contributed by atoms with E-state index in [1.807, 2.05) is 12.1 Å². The highest BCUT2D eigenvalue weighted by Crippen LogP contribution is 2.40. The van der Waals surface area contributed by atoms with Gasteiger partial charge in [-0.05, 0) is 41.3 Å². The monoisotopic (exact) mass is 386 g/mol. The summed E-state index contributed by atoms with van der Waals surface area (Å²) >= 11 is 3.47. The first-order chi connectivity index (χ1) is 11.7. The summed E-state index contributed by atoms with van der Waals surface area (Å²) in [6, 6.07) is 12.3. The zero-order valence-electron chi connectivity index (χ0n) is 13.5. The van der Waals surface area contributed by atoms with Crippen LogP contribution in [0, 0.1) is 0 Å². The number of aromatic hydroxyl groups is 1. The van der Waals surface area contributed by atoms with E-state index in [1.165, 1.54) is 24.0 Å². The molecule has 0 aliphatic heterocycles. The van der Waals surface area contributed by atoms with Crippen LogP contribution in [0.2, 0.25) is 0 Å². The van der Waals surface area contributed by atoms with Crippen molar-refractivity contribution in [1.29, 1.82) is 0 Å². The minimum atomic E-state index is 0.348. The molecule has 0 fully saturated rings. The van der Waals surface area contributed by atoms with E-state index >= 15 is 0 Å². The number of quaternary nitrogens is 1. The third-order valence-corrected chi connectivity index (χ3v) is 5.45. The molecule has 3 aromatic rings. The molecule has 2 aromatic carbocycles. The van der Waals surface area contributed by atoms with Gasteiger partial charge in [-0.3, -0.25) is 0 Å². The summed E-state index contributed by atoms with van der Waals surface area (Å²) in [6.45, 7) is 1.64. The Balaban J connectivity index is 1.68. The van der Waals surface area contributed by atoms with E-state index in [0.717, 1.165) is 48.2 Å². The lowest BCUT2D eigenvalue weighted by molar-refractivity contribution is -0.686. The van der Waals surface area contributed by atoms with Gasteiger partial charge in [0.05, 0.1) is 10.0 Å². The summed E-state index contributed by atoms with van der Waals surface area (Å²) in [5, 5.41) is 14.0. The lowest BCUT2D eigenvalue weighted by Gasteiger charge is -2.12. The summed E-state index contributed by atoms with van der Waals surface area (Å²) in [4.78, 5) is 0. The number of nitrogens with two attached hydrogens (primary N) is 1. The van der Waals surface area contributed by atoms with Crippen molar-refractivity contribution in [2.75, 3.05) is 0 Å². The smallest absolute Gasteiger partial charge is 0.139 e. The molecule has 0 atom stereocenters. The number of phenolic OH excluding ortho intramolecular Hbond substituents is 1. The van der Waals surface area contributed by atoms with Gasteiger partial charge in [-0.2, -0.15) is 0 Å². The highest BCUT2D eigenvalue weighted by atomic mass is 79.9. The second-order valence-electron chi connectivity index (χ2n) is 6.45. The zero-order chi connectivity index (χ0) is 16.5. The van der Waals surface area contributed by atoms with Crippen molar-refractivity contribution in [2.24, 2.45) is 0 Å². The number of hydrogen-bond acceptors (Lipinski definition) is 2. The number of phenols is 1. The molecule has 1 aliphatic rings. The first-order valence-electron chi connectivity index (χ1n) is 8.54. The largest absolute Gasteiger partial charge is 0.506 e. The molecule has 0 radical (unpaired) electrons. The number of rotatable bonds is 4. The van der Waals surface area contributed by atoms with Crippen LogP contribution < -0.4 is 5.32 Å². The summed E-state index contributed by atoms with van der Waals surface area (Å²) in [5.74, 6) is 1.46. The van der Waals surface area contributed by atoms with Crippen LogP contribution in [0.5, 0.6) is 5.75 Å². The van der Waals surface area contributed by atoms with Gasteiger partial charge in [-0.1, -0.05) is 30.3 Å². The molecule has 0 amide bonds. The van der Waals surface area contributed by atoms with Crippen LogP contribution >= 0.6 is 15.9 Å². The fraction of sp³-hybridized carbons (Fsp3) is 0.300. The van der Waals surface area contributed by atoms with Crippen LogP contribution in [0.25, 0.3) is 11.0 Å². The molecule has 24 heavy (non-hydrogen) atoms. The van der Waals surface area contributed by atoms with Crippen molar-refractivity contribution in [1.82, 2.24) is 0 Å². The average Bonchev–Trinajstić information content (AvgIpc) is 2.97. The maximum absolute atomic E-state index is 10.6. The molecule has 3 nitrogen and oxygen atoms in total. The van der Waals surface area contributed by atoms with Gasteiger partial charge >= 0.3 is 0 Å². The van der Waals surface area contributed by atoms with Gasteiger partial charge < -0.3 is 14.8 Å². The van der Waals surface area contributed by atoms with E-state index in [4.69, 9.17) is 4.42 Å². The number of halogens is 1. The first-order valence-corrected chi connectivity index (χ1v) is 9.33. The number of furan rings is 1. The predicted molar refractivity (Wildman–Crippen MR) is 98.0 cm³/mol. The molecular weight excluding hydrogens is 366 g/mol. The minimum Gasteiger partial charge on any atom is -0.506 e. The van der Waals surface area contributed by atoms with Crippen molar-refractivity contribution in [3.63, 3.8) is 0 Å². The van der Waals surface area contributed by atoms with Crippen molar-refractivity contribution < 1.29 is 14.8 Å². The van der Waals surface area contributed by atoms with Gasteiger partial charge in [0.15, 0.2) is 0 Å². The summed E-state index contributed by atoms with van der Waals surface area (Å²) in [7, 11) is 0. The van der Waals surface area contributed by atoms with Crippen molar-refractivity contribution >= 4 is 26.9 Å². The molecule has 1 aromatic heterocycles. The summed E-state index contributed by atoms with van der Waals surface area (Å²) < 4.78 is 6.79. The van der Waals surface area contributed by atoms with Crippen molar-refractivity contribution in [3.8, 4) is 5.75 Å². The number of aryl methyl sites for hydroxylation is 2. The van der Waals surface area contributed by atoms with Crippen LogP contribution in [0.1, 0.15) is 35.3 Å². The van der Waals surface area contributed by atoms with Crippen LogP contribution in [-0.2, 0) is 25.9 Å². The second-order valence-corrected chi connectivity index (χ2v) is 7.31. The van der Waals surface area contributed by atoms with Crippen LogP contribution in [0.4, 0.5) is 0 Å². The maximum Gasteiger partial charge on any atom is 0.139 e. The third-order valence-electron chi connectivity index (χ3n) is 4.84. The van der Waals surface area contributed by atoms with Gasteiger partial charge in [0.25, 0.3) is 0 Å². The topological polar surface area (TPSA) is 50.0 Å². The Morgan fingerprint density at radius 3 is 2.71 bits per heavy atom. The number of hydrogen-bond donors (Lipinski definition) is 2. The van der Waals surface area contributed by atoms with E-state index in [2.05, 4.69) is 45.5 Å². The first kappa shape index (κ1) is 15.7. The summed E-state index contributed by atoms with van der Waals surface area (Å²) in [5.41, 5.74) is 4.48. The normalized spacial score (nSPS) is 14.0. The molecule has 4 heteroatoms. The van der Waals surface area contributed by atoms with Crippen molar-refractivity contribution in [2.45, 2.75) is 38.8 Å². The molecule has 0 bridgehead atoms. The second kappa shape index (κ2) is 6.61. The Labute approximate surface area is 149 Å². The predicted octanol–water partition coefficient (Wildman–Crippen LogP) is 4.04. The Morgan fingerprint density at radius 2 is 1.88 bits per heavy atom. The fourth-order valence-corrected chi connectivity index (χ4v) is 4.11. The minimum absolute atomic E-state index is 0.348. The molecule has 0 saturated carbocycles. The highest BCUT2D eigenvalue weighted by Gasteiger charge is 2.24. The van der Waals surface area contributed by atoms with Gasteiger partial charge in [0.1, 0.15) is 30.2 Å². The fourth-order valence-electron chi connectivity index (χ4n) is 3.66. The molecule has 1 aliphatic carbocycles. The van der Waals surface area contributed by atoms with Gasteiger partial charge in [0.2, 0.25) is 0 Å². The quantitative estimate of drug-likeness (QED) is 0.710. The van der Waals surface area contributed by atoms with E-state index < -0.39 is 0 Å². The lowest BCUT2D eigenvalue weighted by atomic mass is 9.93. The zero-order valence-corrected chi connectivity index (χ0v) is 15.1. The van der Waals surface area contributed by atoms with E-state index in [9.17, 15) is 5.11 Å². The molecule has 124 valence electrons. The highest BCUT2D eigenvalue weighted by molar-refractivity contribution is 9.10. The van der Waals surface area contributed by atoms with Crippen molar-refractivity contribution in [3.05, 3.63) is 63.3 Å².